The molecule has 1 heterocycles. The molecule has 0 saturated heterocycles. The molecule has 5 nitrogen and oxygen atoms in total. The number of fused-ring (bicyclic) bond motifs is 1. The van der Waals surface area contributed by atoms with Gasteiger partial charge in [-0.05, 0) is 30.7 Å². The molecule has 21 heavy (non-hydrogen) atoms. The first-order chi connectivity index (χ1) is 9.97. The molecular weight excluding hydrogens is 294 g/mol. The highest BCUT2D eigenvalue weighted by atomic mass is 35.5. The summed E-state index contributed by atoms with van der Waals surface area (Å²) in [6.45, 7) is 2.11. The minimum Gasteiger partial charge on any atom is -0.488 e. The number of halogens is 1. The van der Waals surface area contributed by atoms with Crippen LogP contribution in [0.1, 0.15) is 18.9 Å². The SMILES string of the molecule is CC(CCNC(=O)C1=Cc2cc(Cl)ccc2OC1)C(=O)O. The van der Waals surface area contributed by atoms with Gasteiger partial charge in [-0.15, -0.1) is 0 Å². The smallest absolute Gasteiger partial charge is 0.306 e. The van der Waals surface area contributed by atoms with Crippen molar-refractivity contribution >= 4 is 29.6 Å². The summed E-state index contributed by atoms with van der Waals surface area (Å²) in [5.74, 6) is -0.914. The normalized spacial score (nSPS) is 14.5. The van der Waals surface area contributed by atoms with Gasteiger partial charge in [-0.2, -0.15) is 0 Å². The Bertz CT molecular complexity index is 597. The zero-order valence-electron chi connectivity index (χ0n) is 11.6. The maximum atomic E-state index is 12.0. The van der Waals surface area contributed by atoms with Gasteiger partial charge in [0.05, 0.1) is 11.5 Å². The Hall–Kier alpha value is -2.01. The number of carbonyl (C=O) groups is 2. The molecule has 0 aromatic heterocycles. The van der Waals surface area contributed by atoms with E-state index in [0.29, 0.717) is 29.3 Å². The number of nitrogens with one attached hydrogen (secondary N) is 1. The Kier molecular flexibility index (Phi) is 4.85. The lowest BCUT2D eigenvalue weighted by molar-refractivity contribution is -0.141. The second kappa shape index (κ2) is 6.63. The van der Waals surface area contributed by atoms with E-state index in [4.69, 9.17) is 21.4 Å². The maximum absolute atomic E-state index is 12.0. The number of aliphatic carboxylic acids is 1. The summed E-state index contributed by atoms with van der Waals surface area (Å²) in [6.07, 6.45) is 2.12. The lowest BCUT2D eigenvalue weighted by Crippen LogP contribution is -2.30. The molecule has 1 aromatic carbocycles. The van der Waals surface area contributed by atoms with Crippen molar-refractivity contribution in [2.45, 2.75) is 13.3 Å². The number of benzene rings is 1. The van der Waals surface area contributed by atoms with Crippen molar-refractivity contribution in [1.82, 2.24) is 5.32 Å². The summed E-state index contributed by atoms with van der Waals surface area (Å²) < 4.78 is 5.50. The highest BCUT2D eigenvalue weighted by Gasteiger charge is 2.18. The van der Waals surface area contributed by atoms with Crippen molar-refractivity contribution in [3.63, 3.8) is 0 Å². The maximum Gasteiger partial charge on any atom is 0.306 e. The van der Waals surface area contributed by atoms with E-state index in [1.54, 1.807) is 31.2 Å². The van der Waals surface area contributed by atoms with Crippen LogP contribution in [-0.4, -0.2) is 30.1 Å². The highest BCUT2D eigenvalue weighted by molar-refractivity contribution is 6.30. The molecule has 0 bridgehead atoms. The molecule has 2 N–H and O–H groups in total. The van der Waals surface area contributed by atoms with Gasteiger partial charge in [-0.1, -0.05) is 18.5 Å². The third-order valence-corrected chi connectivity index (χ3v) is 3.50. The van der Waals surface area contributed by atoms with E-state index in [9.17, 15) is 9.59 Å². The summed E-state index contributed by atoms with van der Waals surface area (Å²) in [5.41, 5.74) is 1.26. The fourth-order valence-corrected chi connectivity index (χ4v) is 2.10. The summed E-state index contributed by atoms with van der Waals surface area (Å²) in [5, 5.41) is 12.0. The van der Waals surface area contributed by atoms with Gasteiger partial charge in [0.1, 0.15) is 12.4 Å². The van der Waals surface area contributed by atoms with Crippen molar-refractivity contribution in [3.05, 3.63) is 34.4 Å². The third kappa shape index (κ3) is 3.98. The van der Waals surface area contributed by atoms with Gasteiger partial charge in [0.2, 0.25) is 0 Å². The summed E-state index contributed by atoms with van der Waals surface area (Å²) in [4.78, 5) is 22.7. The molecule has 1 atom stereocenters. The molecule has 1 aliphatic heterocycles. The molecule has 6 heteroatoms. The minimum atomic E-state index is -0.868. The zero-order chi connectivity index (χ0) is 15.4. The molecule has 2 rings (SSSR count). The Morgan fingerprint density at radius 1 is 1.48 bits per heavy atom. The Morgan fingerprint density at radius 2 is 2.24 bits per heavy atom. The minimum absolute atomic E-state index is 0.189. The lowest BCUT2D eigenvalue weighted by Gasteiger charge is -2.18. The number of carboxylic acids is 1. The molecule has 1 aliphatic rings. The summed E-state index contributed by atoms with van der Waals surface area (Å²) >= 11 is 5.91. The van der Waals surface area contributed by atoms with Crippen LogP contribution in [0.25, 0.3) is 6.08 Å². The van der Waals surface area contributed by atoms with E-state index in [0.717, 1.165) is 5.56 Å². The van der Waals surface area contributed by atoms with E-state index in [-0.39, 0.29) is 12.5 Å². The molecule has 0 spiro atoms. The van der Waals surface area contributed by atoms with Crippen LogP contribution >= 0.6 is 11.6 Å². The van der Waals surface area contributed by atoms with E-state index < -0.39 is 11.9 Å². The van der Waals surface area contributed by atoms with Crippen LogP contribution in [0.4, 0.5) is 0 Å². The average Bonchev–Trinajstić information content (AvgIpc) is 2.45. The molecule has 0 fully saturated rings. The number of hydrogen-bond acceptors (Lipinski definition) is 3. The first kappa shape index (κ1) is 15.4. The van der Waals surface area contributed by atoms with Crippen LogP contribution in [-0.2, 0) is 9.59 Å². The number of carbonyl (C=O) groups excluding carboxylic acids is 1. The Morgan fingerprint density at radius 3 is 2.95 bits per heavy atom. The average molecular weight is 310 g/mol. The number of rotatable bonds is 5. The van der Waals surface area contributed by atoms with Crippen molar-refractivity contribution in [2.24, 2.45) is 5.92 Å². The summed E-state index contributed by atoms with van der Waals surface area (Å²) in [6, 6.07) is 5.22. The molecule has 1 amide bonds. The topological polar surface area (TPSA) is 75.6 Å². The molecule has 0 radical (unpaired) electrons. The predicted molar refractivity (Wildman–Crippen MR) is 79.4 cm³/mol. The third-order valence-electron chi connectivity index (χ3n) is 3.26. The fraction of sp³-hybridized carbons (Fsp3) is 0.333. The monoisotopic (exact) mass is 309 g/mol. The molecule has 1 unspecified atom stereocenters. The molecule has 0 aliphatic carbocycles. The lowest BCUT2D eigenvalue weighted by atomic mass is 10.1. The van der Waals surface area contributed by atoms with Crippen LogP contribution in [0.2, 0.25) is 5.02 Å². The van der Waals surface area contributed by atoms with Gasteiger partial charge in [0, 0.05) is 17.1 Å². The predicted octanol–water partition coefficient (Wildman–Crippen LogP) is 2.34. The molecule has 1 aromatic rings. The number of amides is 1. The van der Waals surface area contributed by atoms with E-state index in [1.807, 2.05) is 0 Å². The molecular formula is C15H16ClNO4. The van der Waals surface area contributed by atoms with Crippen LogP contribution in [0.15, 0.2) is 23.8 Å². The zero-order valence-corrected chi connectivity index (χ0v) is 12.3. The second-order valence-corrected chi connectivity index (χ2v) is 5.36. The van der Waals surface area contributed by atoms with Gasteiger partial charge in [-0.25, -0.2) is 0 Å². The van der Waals surface area contributed by atoms with Crippen LogP contribution < -0.4 is 10.1 Å². The number of carboxylic acid groups (broad SMARTS) is 1. The van der Waals surface area contributed by atoms with E-state index >= 15 is 0 Å². The van der Waals surface area contributed by atoms with Crippen LogP contribution in [0.5, 0.6) is 5.75 Å². The summed E-state index contributed by atoms with van der Waals surface area (Å²) in [7, 11) is 0. The van der Waals surface area contributed by atoms with E-state index in [1.165, 1.54) is 0 Å². The van der Waals surface area contributed by atoms with Crippen LogP contribution in [0, 0.1) is 5.92 Å². The number of hydrogen-bond donors (Lipinski definition) is 2. The quantitative estimate of drug-likeness (QED) is 0.875. The largest absolute Gasteiger partial charge is 0.488 e. The Labute approximate surface area is 127 Å². The second-order valence-electron chi connectivity index (χ2n) is 4.92. The molecule has 112 valence electrons. The van der Waals surface area contributed by atoms with Gasteiger partial charge >= 0.3 is 5.97 Å². The van der Waals surface area contributed by atoms with Crippen molar-refractivity contribution in [2.75, 3.05) is 13.2 Å². The molecule has 0 saturated carbocycles. The van der Waals surface area contributed by atoms with Gasteiger partial charge in [-0.3, -0.25) is 9.59 Å². The first-order valence-corrected chi connectivity index (χ1v) is 6.99. The fourth-order valence-electron chi connectivity index (χ4n) is 1.92. The van der Waals surface area contributed by atoms with Crippen molar-refractivity contribution < 1.29 is 19.4 Å². The first-order valence-electron chi connectivity index (χ1n) is 6.61. The van der Waals surface area contributed by atoms with Crippen LogP contribution in [0.3, 0.4) is 0 Å². The van der Waals surface area contributed by atoms with Crippen molar-refractivity contribution in [3.8, 4) is 5.75 Å². The Balaban J connectivity index is 1.96. The van der Waals surface area contributed by atoms with Crippen molar-refractivity contribution in [1.29, 1.82) is 0 Å². The van der Waals surface area contributed by atoms with Gasteiger partial charge in [0.15, 0.2) is 0 Å². The van der Waals surface area contributed by atoms with Gasteiger partial charge < -0.3 is 15.2 Å². The van der Waals surface area contributed by atoms with E-state index in [2.05, 4.69) is 5.32 Å². The standard InChI is InChI=1S/C15H16ClNO4/c1-9(15(19)20)4-5-17-14(18)11-6-10-7-12(16)2-3-13(10)21-8-11/h2-3,6-7,9H,4-5,8H2,1H3,(H,17,18)(H,19,20). The number of ether oxygens (including phenoxy) is 1. The highest BCUT2D eigenvalue weighted by Crippen LogP contribution is 2.28. The van der Waals surface area contributed by atoms with Gasteiger partial charge in [0.25, 0.3) is 5.91 Å².